The number of benzene rings is 2. The van der Waals surface area contributed by atoms with Crippen LogP contribution in [0.2, 0.25) is 5.02 Å². The molecule has 2 N–H and O–H groups in total. The number of carbonyl (C=O) groups is 1. The molecule has 2 aromatic carbocycles. The van der Waals surface area contributed by atoms with E-state index in [0.717, 1.165) is 11.3 Å². The summed E-state index contributed by atoms with van der Waals surface area (Å²) in [6.07, 6.45) is 0.703. The molecule has 0 unspecified atom stereocenters. The number of carbonyl (C=O) groups excluding carboxylic acids is 1. The standard InChI is InChI=1S/C20H16ClN5O/c21-16-5-1-14(2-6-16)11-12-23-20(27)18-9-10-19(26-25-18)24-17-7-3-15(13-22)4-8-17/h1-10H,11-12H2,(H,23,27)(H,24,26). The molecule has 0 fully saturated rings. The average Bonchev–Trinajstić information content (AvgIpc) is 2.70. The number of nitrogens with one attached hydrogen (secondary N) is 2. The van der Waals surface area contributed by atoms with E-state index in [1.54, 1.807) is 36.4 Å². The average molecular weight is 378 g/mol. The Bertz CT molecular complexity index is 948. The second kappa shape index (κ2) is 8.79. The zero-order chi connectivity index (χ0) is 19.1. The van der Waals surface area contributed by atoms with Crippen molar-refractivity contribution in [3.63, 3.8) is 0 Å². The first kappa shape index (κ1) is 18.4. The second-order valence-electron chi connectivity index (χ2n) is 5.75. The number of nitriles is 1. The monoisotopic (exact) mass is 377 g/mol. The van der Waals surface area contributed by atoms with Crippen molar-refractivity contribution in [3.05, 3.63) is 82.5 Å². The normalized spacial score (nSPS) is 10.1. The minimum atomic E-state index is -0.276. The Balaban J connectivity index is 1.52. The summed E-state index contributed by atoms with van der Waals surface area (Å²) in [6.45, 7) is 0.493. The molecule has 0 aliphatic heterocycles. The maximum Gasteiger partial charge on any atom is 0.271 e. The van der Waals surface area contributed by atoms with Crippen molar-refractivity contribution in [2.45, 2.75) is 6.42 Å². The SMILES string of the molecule is N#Cc1ccc(Nc2ccc(C(=O)NCCc3ccc(Cl)cc3)nn2)cc1. The molecule has 0 atom stereocenters. The van der Waals surface area contributed by atoms with Gasteiger partial charge in [0.05, 0.1) is 11.6 Å². The molecule has 134 valence electrons. The van der Waals surface area contributed by atoms with Crippen molar-refractivity contribution >= 4 is 29.0 Å². The van der Waals surface area contributed by atoms with Gasteiger partial charge in [-0.2, -0.15) is 5.26 Å². The fraction of sp³-hybridized carbons (Fsp3) is 0.100. The molecule has 27 heavy (non-hydrogen) atoms. The van der Waals surface area contributed by atoms with Crippen molar-refractivity contribution in [3.8, 4) is 6.07 Å². The molecular weight excluding hydrogens is 362 g/mol. The molecule has 0 radical (unpaired) electrons. The number of amides is 1. The quantitative estimate of drug-likeness (QED) is 0.683. The van der Waals surface area contributed by atoms with Crippen molar-refractivity contribution in [2.75, 3.05) is 11.9 Å². The molecule has 3 rings (SSSR count). The smallest absolute Gasteiger partial charge is 0.271 e. The molecule has 0 saturated carbocycles. The van der Waals surface area contributed by atoms with Crippen LogP contribution < -0.4 is 10.6 Å². The summed E-state index contributed by atoms with van der Waals surface area (Å²) < 4.78 is 0. The van der Waals surface area contributed by atoms with E-state index >= 15 is 0 Å². The van der Waals surface area contributed by atoms with Crippen LogP contribution >= 0.6 is 11.6 Å². The van der Waals surface area contributed by atoms with Gasteiger partial charge in [-0.25, -0.2) is 0 Å². The lowest BCUT2D eigenvalue weighted by Gasteiger charge is -2.07. The zero-order valence-corrected chi connectivity index (χ0v) is 15.1. The van der Waals surface area contributed by atoms with Gasteiger partial charge in [0.25, 0.3) is 5.91 Å². The van der Waals surface area contributed by atoms with Gasteiger partial charge in [0.2, 0.25) is 0 Å². The molecule has 0 aliphatic carbocycles. The highest BCUT2D eigenvalue weighted by Gasteiger charge is 2.08. The van der Waals surface area contributed by atoms with E-state index in [1.807, 2.05) is 24.3 Å². The van der Waals surface area contributed by atoms with E-state index in [2.05, 4.69) is 26.9 Å². The largest absolute Gasteiger partial charge is 0.350 e. The molecule has 3 aromatic rings. The Kier molecular flexibility index (Phi) is 5.98. The van der Waals surface area contributed by atoms with E-state index < -0.39 is 0 Å². The summed E-state index contributed by atoms with van der Waals surface area (Å²) in [5, 5.41) is 23.3. The highest BCUT2D eigenvalue weighted by atomic mass is 35.5. The number of hydrogen-bond donors (Lipinski definition) is 2. The molecule has 1 aromatic heterocycles. The van der Waals surface area contributed by atoms with Gasteiger partial charge in [0, 0.05) is 17.3 Å². The molecule has 7 heteroatoms. The van der Waals surface area contributed by atoms with Gasteiger partial charge < -0.3 is 10.6 Å². The summed E-state index contributed by atoms with van der Waals surface area (Å²) in [7, 11) is 0. The van der Waals surface area contributed by atoms with Crippen LogP contribution in [0.15, 0.2) is 60.7 Å². The van der Waals surface area contributed by atoms with Crippen molar-refractivity contribution in [1.29, 1.82) is 5.26 Å². The first-order valence-corrected chi connectivity index (χ1v) is 8.65. The molecular formula is C20H16ClN5O. The van der Waals surface area contributed by atoms with Crippen LogP contribution in [0.5, 0.6) is 0 Å². The number of rotatable bonds is 6. The highest BCUT2D eigenvalue weighted by Crippen LogP contribution is 2.14. The molecule has 0 saturated heterocycles. The van der Waals surface area contributed by atoms with E-state index in [-0.39, 0.29) is 11.6 Å². The fourth-order valence-electron chi connectivity index (χ4n) is 2.36. The molecule has 6 nitrogen and oxygen atoms in total. The Morgan fingerprint density at radius 3 is 2.37 bits per heavy atom. The maximum absolute atomic E-state index is 12.1. The van der Waals surface area contributed by atoms with Crippen LogP contribution in [0.25, 0.3) is 0 Å². The van der Waals surface area contributed by atoms with E-state index in [4.69, 9.17) is 16.9 Å². The van der Waals surface area contributed by atoms with Gasteiger partial charge in [-0.15, -0.1) is 10.2 Å². The Morgan fingerprint density at radius 2 is 1.74 bits per heavy atom. The first-order chi connectivity index (χ1) is 13.1. The molecule has 1 amide bonds. The highest BCUT2D eigenvalue weighted by molar-refractivity contribution is 6.30. The van der Waals surface area contributed by atoms with Gasteiger partial charge >= 0.3 is 0 Å². The van der Waals surface area contributed by atoms with E-state index in [9.17, 15) is 4.79 Å². The number of hydrogen-bond acceptors (Lipinski definition) is 5. The number of halogens is 1. The van der Waals surface area contributed by atoms with Gasteiger partial charge in [0.1, 0.15) is 0 Å². The Labute approximate surface area is 161 Å². The van der Waals surface area contributed by atoms with E-state index in [1.165, 1.54) is 0 Å². The molecule has 0 bridgehead atoms. The maximum atomic E-state index is 12.1. The lowest BCUT2D eigenvalue weighted by molar-refractivity contribution is 0.0948. The third-order valence-corrected chi connectivity index (χ3v) is 4.05. The second-order valence-corrected chi connectivity index (χ2v) is 6.19. The van der Waals surface area contributed by atoms with E-state index in [0.29, 0.717) is 29.4 Å². The summed E-state index contributed by atoms with van der Waals surface area (Å²) in [5.74, 6) is 0.235. The van der Waals surface area contributed by atoms with Gasteiger partial charge in [0.15, 0.2) is 11.5 Å². The van der Waals surface area contributed by atoms with Crippen LogP contribution in [0.4, 0.5) is 11.5 Å². The van der Waals surface area contributed by atoms with Gasteiger partial charge in [-0.3, -0.25) is 4.79 Å². The lowest BCUT2D eigenvalue weighted by Crippen LogP contribution is -2.26. The first-order valence-electron chi connectivity index (χ1n) is 8.27. The number of anilines is 2. The fourth-order valence-corrected chi connectivity index (χ4v) is 2.48. The molecule has 0 spiro atoms. The van der Waals surface area contributed by atoms with Crippen LogP contribution in [0, 0.1) is 11.3 Å². The van der Waals surface area contributed by atoms with Gasteiger partial charge in [-0.1, -0.05) is 23.7 Å². The third-order valence-electron chi connectivity index (χ3n) is 3.80. The van der Waals surface area contributed by atoms with Crippen molar-refractivity contribution < 1.29 is 4.79 Å². The Morgan fingerprint density at radius 1 is 1.00 bits per heavy atom. The third kappa shape index (κ3) is 5.27. The van der Waals surface area contributed by atoms with Crippen molar-refractivity contribution in [2.24, 2.45) is 0 Å². The summed E-state index contributed by atoms with van der Waals surface area (Å²) in [6, 6.07) is 19.8. The number of nitrogens with zero attached hydrogens (tertiary/aromatic N) is 3. The zero-order valence-electron chi connectivity index (χ0n) is 14.3. The van der Waals surface area contributed by atoms with Crippen LogP contribution in [-0.2, 0) is 6.42 Å². The lowest BCUT2D eigenvalue weighted by atomic mass is 10.1. The van der Waals surface area contributed by atoms with Crippen LogP contribution in [-0.4, -0.2) is 22.6 Å². The van der Waals surface area contributed by atoms with Crippen molar-refractivity contribution in [1.82, 2.24) is 15.5 Å². The number of aromatic nitrogens is 2. The minimum absolute atomic E-state index is 0.247. The molecule has 1 heterocycles. The summed E-state index contributed by atoms with van der Waals surface area (Å²) in [4.78, 5) is 12.1. The van der Waals surface area contributed by atoms with Crippen LogP contribution in [0.3, 0.4) is 0 Å². The predicted molar refractivity (Wildman–Crippen MR) is 104 cm³/mol. The summed E-state index contributed by atoms with van der Waals surface area (Å²) >= 11 is 5.85. The minimum Gasteiger partial charge on any atom is -0.350 e. The predicted octanol–water partition coefficient (Wildman–Crippen LogP) is 3.72. The summed E-state index contributed by atoms with van der Waals surface area (Å²) in [5.41, 5.74) is 2.70. The van der Waals surface area contributed by atoms with Crippen LogP contribution in [0.1, 0.15) is 21.6 Å². The topological polar surface area (TPSA) is 90.7 Å². The molecule has 0 aliphatic rings. The Hall–Kier alpha value is -3.43. The van der Waals surface area contributed by atoms with Gasteiger partial charge in [-0.05, 0) is 60.5 Å².